The smallest absolute Gasteiger partial charge is 0.319 e. The molecule has 1 unspecified atom stereocenters. The Hall–Kier alpha value is -0.380. The van der Waals surface area contributed by atoms with Crippen LogP contribution in [0.1, 0.15) is 0 Å². The first-order valence-corrected chi connectivity index (χ1v) is 2.71. The first-order chi connectivity index (χ1) is 3.06. The van der Waals surface area contributed by atoms with Gasteiger partial charge in [0.15, 0.2) is 0 Å². The van der Waals surface area contributed by atoms with Gasteiger partial charge in [0.1, 0.15) is 0 Å². The fourth-order valence-corrected chi connectivity index (χ4v) is 0.163. The highest BCUT2D eigenvalue weighted by Gasteiger charge is 1.96. The van der Waals surface area contributed by atoms with Crippen molar-refractivity contribution in [2.24, 2.45) is 0 Å². The Morgan fingerprint density at radius 3 is 2.29 bits per heavy atom. The monoisotopic (exact) mass is 125 g/mol. The molecule has 0 saturated heterocycles. The summed E-state index contributed by atoms with van der Waals surface area (Å²) in [4.78, 5) is 26.0. The first kappa shape index (κ1) is 6.62. The van der Waals surface area contributed by atoms with Crippen LogP contribution in [0.15, 0.2) is 0 Å². The number of rotatable bonds is 2. The molecule has 0 aliphatic carbocycles. The lowest BCUT2D eigenvalue weighted by Crippen LogP contribution is -2.01. The number of hydrogen-bond donors (Lipinski definition) is 1. The van der Waals surface area contributed by atoms with E-state index in [1.54, 1.807) is 0 Å². The molecule has 6 heteroatoms. The summed E-state index contributed by atoms with van der Waals surface area (Å²) in [6.45, 7) is -0.367. The van der Waals surface area contributed by atoms with E-state index in [-0.39, 0.29) is 6.47 Å². The van der Waals surface area contributed by atoms with Gasteiger partial charge in [0, 0.05) is 0 Å². The number of hydrogen-bond acceptors (Lipinski definition) is 4. The molecular weight excluding hydrogens is 123 g/mol. The van der Waals surface area contributed by atoms with Crippen molar-refractivity contribution in [3.63, 3.8) is 0 Å². The van der Waals surface area contributed by atoms with Crippen LogP contribution in [-0.4, -0.2) is 11.4 Å². The quantitative estimate of drug-likeness (QED) is 0.363. The van der Waals surface area contributed by atoms with Crippen molar-refractivity contribution >= 4 is 14.3 Å². The Morgan fingerprint density at radius 1 is 1.86 bits per heavy atom. The van der Waals surface area contributed by atoms with E-state index in [2.05, 4.69) is 4.52 Å². The van der Waals surface area contributed by atoms with Crippen LogP contribution in [0.25, 0.3) is 0 Å². The molecule has 0 amide bonds. The molecule has 0 aromatic heterocycles. The van der Waals surface area contributed by atoms with Crippen molar-refractivity contribution in [3.8, 4) is 0 Å². The molecule has 0 radical (unpaired) electrons. The summed E-state index contributed by atoms with van der Waals surface area (Å²) in [5, 5.41) is 0. The van der Waals surface area contributed by atoms with Gasteiger partial charge in [-0.15, -0.1) is 0 Å². The molecule has 0 aliphatic heterocycles. The predicted octanol–water partition coefficient (Wildman–Crippen LogP) is -1.38. The maximum atomic E-state index is 9.36. The van der Waals surface area contributed by atoms with E-state index in [0.717, 1.165) is 0 Å². The van der Waals surface area contributed by atoms with Gasteiger partial charge in [-0.25, -0.2) is 0 Å². The molecule has 0 saturated carbocycles. The molecule has 0 aromatic carbocycles. The van der Waals surface area contributed by atoms with Crippen LogP contribution in [0.4, 0.5) is 0 Å². The van der Waals surface area contributed by atoms with Gasteiger partial charge < -0.3 is 14.3 Å². The van der Waals surface area contributed by atoms with Crippen LogP contribution in [0.2, 0.25) is 0 Å². The van der Waals surface area contributed by atoms with Crippen molar-refractivity contribution in [2.75, 3.05) is 0 Å². The minimum Gasteiger partial charge on any atom is -0.746 e. The van der Waals surface area contributed by atoms with Gasteiger partial charge in [-0.05, 0) is 0 Å². The van der Waals surface area contributed by atoms with E-state index < -0.39 is 7.82 Å². The summed E-state index contributed by atoms with van der Waals surface area (Å²) in [5.41, 5.74) is 0. The Kier molecular flexibility index (Phi) is 1.95. The summed E-state index contributed by atoms with van der Waals surface area (Å²) >= 11 is 0. The molecule has 0 aromatic rings. The van der Waals surface area contributed by atoms with Gasteiger partial charge in [0.05, 0.1) is 0 Å². The molecule has 1 N–H and O–H groups in total. The van der Waals surface area contributed by atoms with Crippen LogP contribution in [-0.2, 0) is 13.9 Å². The first-order valence-electron chi connectivity index (χ1n) is 1.22. The van der Waals surface area contributed by atoms with E-state index in [1.807, 2.05) is 0 Å². The van der Waals surface area contributed by atoms with Crippen molar-refractivity contribution < 1.29 is 23.7 Å². The van der Waals surface area contributed by atoms with Gasteiger partial charge in [0.2, 0.25) is 0 Å². The second kappa shape index (κ2) is 2.07. The maximum Gasteiger partial charge on any atom is 0.319 e. The highest BCUT2D eigenvalue weighted by Crippen LogP contribution is 2.27. The van der Waals surface area contributed by atoms with Crippen molar-refractivity contribution in [2.45, 2.75) is 0 Å². The third-order valence-electron chi connectivity index (χ3n) is 0.176. The maximum absolute atomic E-state index is 9.36. The Labute approximate surface area is 39.2 Å². The molecule has 0 spiro atoms. The Morgan fingerprint density at radius 2 is 2.29 bits per heavy atom. The SMILES string of the molecule is O=COP(=O)([O-])O. The third kappa shape index (κ3) is 5.62. The minimum atomic E-state index is -4.78. The topological polar surface area (TPSA) is 86.7 Å². The number of phosphoric acid groups is 1. The molecule has 0 bridgehead atoms. The molecule has 7 heavy (non-hydrogen) atoms. The fourth-order valence-electron chi connectivity index (χ4n) is 0.0544. The molecule has 42 valence electrons. The van der Waals surface area contributed by atoms with Crippen molar-refractivity contribution in [3.05, 3.63) is 0 Å². The summed E-state index contributed by atoms with van der Waals surface area (Å²) < 4.78 is 12.5. The summed E-state index contributed by atoms with van der Waals surface area (Å²) in [6.07, 6.45) is 0. The zero-order valence-corrected chi connectivity index (χ0v) is 4.00. The standard InChI is InChI=1S/CH3O5P/c2-1-6-7(3,4)5/h1H,(H2,3,4,5)/p-1. The lowest BCUT2D eigenvalue weighted by Gasteiger charge is -2.09. The minimum absolute atomic E-state index is 0.367. The van der Waals surface area contributed by atoms with E-state index in [0.29, 0.717) is 0 Å². The van der Waals surface area contributed by atoms with Crippen LogP contribution in [0.3, 0.4) is 0 Å². The van der Waals surface area contributed by atoms with Gasteiger partial charge in [0.25, 0.3) is 6.47 Å². The number of carbonyl (C=O) groups excluding carboxylic acids is 1. The molecule has 0 aliphatic rings. The van der Waals surface area contributed by atoms with Crippen LogP contribution < -0.4 is 4.89 Å². The number of carbonyl (C=O) groups is 1. The highest BCUT2D eigenvalue weighted by molar-refractivity contribution is 7.45. The summed E-state index contributed by atoms with van der Waals surface area (Å²) in [7, 11) is -4.78. The van der Waals surface area contributed by atoms with E-state index in [9.17, 15) is 9.46 Å². The average molecular weight is 125 g/mol. The molecular formula is CH2O5P-. The summed E-state index contributed by atoms with van der Waals surface area (Å²) in [5.74, 6) is 0. The molecule has 0 fully saturated rings. The average Bonchev–Trinajstić information content (AvgIpc) is 1.30. The predicted molar refractivity (Wildman–Crippen MR) is 17.0 cm³/mol. The van der Waals surface area contributed by atoms with Crippen LogP contribution >= 0.6 is 7.82 Å². The summed E-state index contributed by atoms with van der Waals surface area (Å²) in [6, 6.07) is 0. The lowest BCUT2D eigenvalue weighted by molar-refractivity contribution is -0.216. The fraction of sp³-hybridized carbons (Fsp3) is 0. The molecule has 0 rings (SSSR count). The molecule has 1 atom stereocenters. The zero-order chi connectivity index (χ0) is 5.91. The second-order valence-electron chi connectivity index (χ2n) is 0.670. The van der Waals surface area contributed by atoms with Gasteiger partial charge >= 0.3 is 7.82 Å². The van der Waals surface area contributed by atoms with Crippen LogP contribution in [0.5, 0.6) is 0 Å². The normalized spacial score (nSPS) is 17.4. The van der Waals surface area contributed by atoms with E-state index >= 15 is 0 Å². The third-order valence-corrected chi connectivity index (χ3v) is 0.529. The van der Waals surface area contributed by atoms with Crippen molar-refractivity contribution in [1.29, 1.82) is 0 Å². The lowest BCUT2D eigenvalue weighted by atomic mass is 11.7. The number of phosphoric ester groups is 1. The zero-order valence-electron chi connectivity index (χ0n) is 3.10. The van der Waals surface area contributed by atoms with Gasteiger partial charge in [-0.3, -0.25) is 9.36 Å². The Balaban J connectivity index is 3.57. The largest absolute Gasteiger partial charge is 0.746 e. The van der Waals surface area contributed by atoms with E-state index in [1.165, 1.54) is 0 Å². The second-order valence-corrected chi connectivity index (χ2v) is 1.82. The van der Waals surface area contributed by atoms with Crippen molar-refractivity contribution in [1.82, 2.24) is 0 Å². The van der Waals surface area contributed by atoms with Crippen LogP contribution in [0, 0.1) is 0 Å². The molecule has 5 nitrogen and oxygen atoms in total. The molecule has 0 heterocycles. The van der Waals surface area contributed by atoms with E-state index in [4.69, 9.17) is 9.69 Å². The Bertz CT molecular complexity index is 101. The van der Waals surface area contributed by atoms with Gasteiger partial charge in [-0.2, -0.15) is 0 Å². The highest BCUT2D eigenvalue weighted by atomic mass is 31.2. The van der Waals surface area contributed by atoms with Gasteiger partial charge in [-0.1, -0.05) is 0 Å².